The molecule has 1 aliphatic rings. The molecular weight excluding hydrogens is 124 g/mol. The van der Waals surface area contributed by atoms with Crippen LogP contribution in [-0.2, 0) is 9.53 Å². The number of carbonyl (C=O) groups excluding carboxylic acids is 1. The largest absolute Gasteiger partial charge is 0.462 e. The van der Waals surface area contributed by atoms with Crippen LogP contribution in [0.2, 0.25) is 0 Å². The summed E-state index contributed by atoms with van der Waals surface area (Å²) < 4.78 is 4.77. The number of ether oxygens (including phenoxy) is 1. The quantitative estimate of drug-likeness (QED) is 0.520. The van der Waals surface area contributed by atoms with E-state index < -0.39 is 0 Å². The molecule has 1 rings (SSSR count). The van der Waals surface area contributed by atoms with Crippen LogP contribution in [0.25, 0.3) is 0 Å². The van der Waals surface area contributed by atoms with Gasteiger partial charge in [-0.05, 0) is 12.8 Å². The van der Waals surface area contributed by atoms with Gasteiger partial charge in [0.25, 0.3) is 0 Å². The van der Waals surface area contributed by atoms with Gasteiger partial charge >= 0.3 is 5.97 Å². The molecule has 1 aliphatic carbocycles. The van der Waals surface area contributed by atoms with Crippen molar-refractivity contribution in [3.05, 3.63) is 0 Å². The molecule has 2 nitrogen and oxygen atoms in total. The van der Waals surface area contributed by atoms with Crippen molar-refractivity contribution in [2.75, 3.05) is 5.75 Å². The molecule has 0 heterocycles. The summed E-state index contributed by atoms with van der Waals surface area (Å²) in [4.78, 5) is 10.3. The van der Waals surface area contributed by atoms with Crippen LogP contribution in [0.15, 0.2) is 0 Å². The lowest BCUT2D eigenvalue weighted by Gasteiger charge is -1.95. The molecule has 0 bridgehead atoms. The number of hydrogen-bond acceptors (Lipinski definition) is 2. The fourth-order valence-corrected chi connectivity index (χ4v) is 0.474. The summed E-state index contributed by atoms with van der Waals surface area (Å²) in [7, 11) is 0. The predicted octanol–water partition coefficient (Wildman–Crippen LogP) is 0.889. The van der Waals surface area contributed by atoms with Gasteiger partial charge < -0.3 is 4.74 Å². The minimum absolute atomic E-state index is 0.0937. The maximum Gasteiger partial charge on any atom is 0.317 e. The Morgan fingerprint density at radius 1 is 1.75 bits per heavy atom. The zero-order valence-electron chi connectivity index (χ0n) is 4.42. The van der Waals surface area contributed by atoms with E-state index in [1.54, 1.807) is 0 Å². The van der Waals surface area contributed by atoms with Crippen molar-refractivity contribution in [2.45, 2.75) is 18.9 Å². The van der Waals surface area contributed by atoms with Crippen molar-refractivity contribution in [3.8, 4) is 0 Å². The highest BCUT2D eigenvalue weighted by molar-refractivity contribution is 7.81. The summed E-state index contributed by atoms with van der Waals surface area (Å²) >= 11 is 4.45. The molecule has 0 aromatic rings. The van der Waals surface area contributed by atoms with Crippen LogP contribution in [-0.4, -0.2) is 17.8 Å². The Balaban J connectivity index is 2.07. The first kappa shape index (κ1) is 5.95. The van der Waals surface area contributed by atoms with Crippen molar-refractivity contribution >= 4 is 18.6 Å². The molecule has 8 heavy (non-hydrogen) atoms. The van der Waals surface area contributed by atoms with Gasteiger partial charge in [-0.15, -0.1) is 0 Å². The van der Waals surface area contributed by atoms with Gasteiger partial charge in [0.05, 0.1) is 0 Å². The maximum absolute atomic E-state index is 10.3. The first-order valence-corrected chi connectivity index (χ1v) is 3.18. The first-order valence-electron chi connectivity index (χ1n) is 2.60. The van der Waals surface area contributed by atoms with Crippen LogP contribution in [0.4, 0.5) is 0 Å². The third-order valence-electron chi connectivity index (χ3n) is 0.940. The summed E-state index contributed by atoms with van der Waals surface area (Å²) in [5, 5.41) is 0. The predicted molar refractivity (Wildman–Crippen MR) is 31.6 cm³/mol. The van der Waals surface area contributed by atoms with Crippen LogP contribution in [0.3, 0.4) is 0 Å². The van der Waals surface area contributed by atoms with Crippen molar-refractivity contribution in [3.63, 3.8) is 0 Å². The molecule has 0 spiro atoms. The fourth-order valence-electron chi connectivity index (χ4n) is 0.406. The van der Waals surface area contributed by atoms with Gasteiger partial charge in [-0.3, -0.25) is 4.79 Å². The van der Waals surface area contributed by atoms with Gasteiger partial charge in [-0.1, -0.05) is 12.6 Å². The van der Waals surface area contributed by atoms with E-state index in [1.807, 2.05) is 0 Å². The number of hydrogen-bond donors (Lipinski definition) is 0. The van der Waals surface area contributed by atoms with Gasteiger partial charge in [0.1, 0.15) is 11.9 Å². The van der Waals surface area contributed by atoms with Gasteiger partial charge in [0.2, 0.25) is 0 Å². The minimum atomic E-state index is -0.248. The maximum atomic E-state index is 10.3. The van der Waals surface area contributed by atoms with Crippen LogP contribution >= 0.6 is 12.6 Å². The summed E-state index contributed by atoms with van der Waals surface area (Å²) in [5.74, 6) is -0.154. The van der Waals surface area contributed by atoms with E-state index in [0.717, 1.165) is 12.8 Å². The zero-order valence-corrected chi connectivity index (χ0v) is 5.24. The Morgan fingerprint density at radius 2 is 2.38 bits per heavy atom. The first-order chi connectivity index (χ1) is 3.83. The van der Waals surface area contributed by atoms with Crippen LogP contribution in [0.5, 0.6) is 0 Å². The molecule has 1 saturated carbocycles. The lowest BCUT2D eigenvalue weighted by Crippen LogP contribution is -2.06. The smallest absolute Gasteiger partial charge is 0.317 e. The van der Waals surface area contributed by atoms with Gasteiger partial charge in [0, 0.05) is 0 Å². The van der Waals surface area contributed by atoms with E-state index in [9.17, 15) is 4.79 Å². The van der Waals surface area contributed by atoms with E-state index in [4.69, 9.17) is 4.74 Å². The average molecular weight is 131 g/mol. The lowest BCUT2D eigenvalue weighted by molar-refractivity contribution is -0.141. The molecule has 3 heteroatoms. The molecule has 0 unspecified atom stereocenters. The molecule has 0 amide bonds. The van der Waals surface area contributed by atoms with Gasteiger partial charge in [0.15, 0.2) is 0 Å². The monoisotopic (exact) mass is 131 g/mol. The number of rotatable bonds is 2. The third kappa shape index (κ3) is 1.74. The summed E-state index contributed by atoms with van der Waals surface area (Å²) in [6.07, 6.45) is 2.27. The van der Waals surface area contributed by atoms with Crippen molar-refractivity contribution in [1.29, 1.82) is 0 Å². The topological polar surface area (TPSA) is 26.3 Å². The minimum Gasteiger partial charge on any atom is -0.462 e. The lowest BCUT2D eigenvalue weighted by atomic mass is 10.7. The Kier molecular flexibility index (Phi) is 1.78. The number of esters is 1. The second-order valence-corrected chi connectivity index (χ2v) is 2.12. The van der Waals surface area contributed by atoms with Crippen molar-refractivity contribution < 1.29 is 9.53 Å². The van der Waals surface area contributed by atoms with Crippen LogP contribution in [0.1, 0.15) is 12.8 Å². The average Bonchev–Trinajstić information content (AvgIpc) is 2.50. The molecular formula is C5H7O2S. The van der Waals surface area contributed by atoms with E-state index >= 15 is 0 Å². The second-order valence-electron chi connectivity index (χ2n) is 1.83. The SMILES string of the molecule is O=C(C[S])OC1CC1. The van der Waals surface area contributed by atoms with E-state index in [1.165, 1.54) is 0 Å². The molecule has 0 atom stereocenters. The third-order valence-corrected chi connectivity index (χ3v) is 1.18. The van der Waals surface area contributed by atoms with Crippen LogP contribution < -0.4 is 0 Å². The Labute approximate surface area is 53.6 Å². The van der Waals surface area contributed by atoms with E-state index in [-0.39, 0.29) is 17.8 Å². The highest BCUT2D eigenvalue weighted by Gasteiger charge is 2.25. The molecule has 45 valence electrons. The Morgan fingerprint density at radius 3 is 2.75 bits per heavy atom. The molecule has 0 aromatic carbocycles. The van der Waals surface area contributed by atoms with Crippen molar-refractivity contribution in [2.24, 2.45) is 0 Å². The zero-order chi connectivity index (χ0) is 5.98. The Bertz CT molecular complexity index is 98.6. The normalized spacial score (nSPS) is 18.1. The molecule has 1 radical (unpaired) electrons. The van der Waals surface area contributed by atoms with E-state index in [0.29, 0.717) is 0 Å². The highest BCUT2D eigenvalue weighted by Crippen LogP contribution is 2.23. The van der Waals surface area contributed by atoms with Crippen molar-refractivity contribution in [1.82, 2.24) is 0 Å². The highest BCUT2D eigenvalue weighted by atomic mass is 32.1. The van der Waals surface area contributed by atoms with Gasteiger partial charge in [-0.25, -0.2) is 0 Å². The summed E-state index contributed by atoms with van der Waals surface area (Å²) in [6, 6.07) is 0. The molecule has 0 aliphatic heterocycles. The number of carbonyl (C=O) groups is 1. The molecule has 0 N–H and O–H groups in total. The molecule has 0 aromatic heterocycles. The second kappa shape index (κ2) is 2.40. The summed E-state index contributed by atoms with van der Waals surface area (Å²) in [5.41, 5.74) is 0. The summed E-state index contributed by atoms with van der Waals surface area (Å²) in [6.45, 7) is 0. The standard InChI is InChI=1S/C5H7O2S/c6-5(3-8)7-4-1-2-4/h4H,1-3H2. The van der Waals surface area contributed by atoms with E-state index in [2.05, 4.69) is 12.6 Å². The van der Waals surface area contributed by atoms with Crippen LogP contribution in [0, 0.1) is 0 Å². The molecule has 1 fully saturated rings. The molecule has 0 saturated heterocycles. The van der Waals surface area contributed by atoms with Gasteiger partial charge in [-0.2, -0.15) is 0 Å². The fraction of sp³-hybridized carbons (Fsp3) is 0.800. The Hall–Kier alpha value is -0.180.